The highest BCUT2D eigenvalue weighted by Crippen LogP contribution is 2.18. The molecule has 0 fully saturated rings. The molecule has 88 valence electrons. The summed E-state index contributed by atoms with van der Waals surface area (Å²) in [5.41, 5.74) is 2.09. The highest BCUT2D eigenvalue weighted by atomic mass is 32.1. The van der Waals surface area contributed by atoms with E-state index in [1.807, 2.05) is 43.3 Å². The van der Waals surface area contributed by atoms with Crippen molar-refractivity contribution in [2.45, 2.75) is 0 Å². The molecule has 0 spiro atoms. The fourth-order valence-electron chi connectivity index (χ4n) is 1.36. The number of benzene rings is 1. The number of anilines is 3. The van der Waals surface area contributed by atoms with Crippen molar-refractivity contribution in [1.29, 1.82) is 0 Å². The maximum Gasteiger partial charge on any atom is 0.215 e. The molecule has 0 radical (unpaired) electrons. The summed E-state index contributed by atoms with van der Waals surface area (Å²) in [7, 11) is 4.01. The van der Waals surface area contributed by atoms with Crippen molar-refractivity contribution in [2.24, 2.45) is 0 Å². The Bertz CT molecular complexity index is 546. The Morgan fingerprint density at radius 1 is 1.24 bits per heavy atom. The van der Waals surface area contributed by atoms with E-state index < -0.39 is 0 Å². The Labute approximate surface area is 105 Å². The average molecular weight is 247 g/mol. The van der Waals surface area contributed by atoms with E-state index in [-0.39, 0.29) is 0 Å². The fraction of sp³-hybridized carbons (Fsp3) is 0.182. The maximum atomic E-state index is 4.89. The van der Waals surface area contributed by atoms with Crippen molar-refractivity contribution >= 4 is 29.4 Å². The van der Waals surface area contributed by atoms with Crippen LogP contribution in [0.5, 0.6) is 0 Å². The average Bonchev–Trinajstić information content (AvgIpc) is 2.29. The van der Waals surface area contributed by atoms with Gasteiger partial charge in [0.2, 0.25) is 4.77 Å². The van der Waals surface area contributed by atoms with Crippen LogP contribution in [0.2, 0.25) is 0 Å². The molecule has 0 amide bonds. The summed E-state index contributed by atoms with van der Waals surface area (Å²) in [6, 6.07) is 8.02. The normalized spacial score (nSPS) is 10.0. The molecule has 2 rings (SSSR count). The summed E-state index contributed by atoms with van der Waals surface area (Å²) in [6.45, 7) is 0. The van der Waals surface area contributed by atoms with Crippen LogP contribution in [0.15, 0.2) is 30.5 Å². The second kappa shape index (κ2) is 4.92. The van der Waals surface area contributed by atoms with Gasteiger partial charge in [0, 0.05) is 25.5 Å². The first kappa shape index (κ1) is 11.5. The van der Waals surface area contributed by atoms with Crippen molar-refractivity contribution in [3.8, 4) is 0 Å². The molecule has 0 aliphatic heterocycles. The predicted octanol–water partition coefficient (Wildman–Crippen LogP) is 2.34. The molecular formula is C11H13N5S. The van der Waals surface area contributed by atoms with Crippen molar-refractivity contribution in [1.82, 2.24) is 15.2 Å². The molecule has 6 heteroatoms. The molecule has 5 nitrogen and oxygen atoms in total. The summed E-state index contributed by atoms with van der Waals surface area (Å²) in [5.74, 6) is 0.631. The van der Waals surface area contributed by atoms with Crippen LogP contribution in [-0.2, 0) is 0 Å². The van der Waals surface area contributed by atoms with Crippen molar-refractivity contribution in [3.63, 3.8) is 0 Å². The Morgan fingerprint density at radius 3 is 2.53 bits per heavy atom. The van der Waals surface area contributed by atoms with E-state index in [0.717, 1.165) is 11.4 Å². The zero-order chi connectivity index (χ0) is 12.3. The molecule has 0 saturated carbocycles. The lowest BCUT2D eigenvalue weighted by Crippen LogP contribution is -2.08. The number of aromatic amines is 1. The first-order chi connectivity index (χ1) is 8.15. The number of H-pyrrole nitrogens is 1. The summed E-state index contributed by atoms with van der Waals surface area (Å²) in [5, 5.41) is 9.58. The molecular weight excluding hydrogens is 234 g/mol. The Kier molecular flexibility index (Phi) is 3.34. The van der Waals surface area contributed by atoms with Crippen LogP contribution in [0.4, 0.5) is 17.2 Å². The van der Waals surface area contributed by atoms with Gasteiger partial charge in [0.25, 0.3) is 0 Å². The minimum Gasteiger partial charge on any atom is -0.378 e. The molecule has 2 aromatic rings. The Balaban J connectivity index is 2.16. The van der Waals surface area contributed by atoms with Crippen molar-refractivity contribution in [3.05, 3.63) is 35.2 Å². The highest BCUT2D eigenvalue weighted by Gasteiger charge is 1.98. The number of nitrogens with one attached hydrogen (secondary N) is 2. The van der Waals surface area contributed by atoms with E-state index in [9.17, 15) is 0 Å². The van der Waals surface area contributed by atoms with Crippen LogP contribution in [0.3, 0.4) is 0 Å². The molecule has 2 N–H and O–H groups in total. The van der Waals surface area contributed by atoms with E-state index in [1.54, 1.807) is 6.20 Å². The van der Waals surface area contributed by atoms with Gasteiger partial charge in [-0.1, -0.05) is 0 Å². The van der Waals surface area contributed by atoms with Gasteiger partial charge in [-0.05, 0) is 36.5 Å². The lowest BCUT2D eigenvalue weighted by atomic mass is 10.2. The van der Waals surface area contributed by atoms with Gasteiger partial charge in [0.05, 0.1) is 6.20 Å². The summed E-state index contributed by atoms with van der Waals surface area (Å²) in [6.07, 6.45) is 1.59. The first-order valence-corrected chi connectivity index (χ1v) is 5.52. The first-order valence-electron chi connectivity index (χ1n) is 5.11. The third-order valence-corrected chi connectivity index (χ3v) is 2.41. The lowest BCUT2D eigenvalue weighted by molar-refractivity contribution is 0.953. The molecule has 1 aromatic heterocycles. The Morgan fingerprint density at radius 2 is 1.94 bits per heavy atom. The minimum atomic E-state index is 0.361. The van der Waals surface area contributed by atoms with E-state index in [0.29, 0.717) is 10.6 Å². The van der Waals surface area contributed by atoms with Gasteiger partial charge < -0.3 is 10.2 Å². The topological polar surface area (TPSA) is 56.8 Å². The summed E-state index contributed by atoms with van der Waals surface area (Å²) >= 11 is 4.89. The predicted molar refractivity (Wildman–Crippen MR) is 71.3 cm³/mol. The molecule has 0 saturated heterocycles. The number of rotatable bonds is 3. The molecule has 0 aliphatic rings. The number of aromatic nitrogens is 3. The van der Waals surface area contributed by atoms with Crippen molar-refractivity contribution < 1.29 is 0 Å². The van der Waals surface area contributed by atoms with Crippen LogP contribution in [-0.4, -0.2) is 29.3 Å². The van der Waals surface area contributed by atoms with Crippen LogP contribution < -0.4 is 10.2 Å². The van der Waals surface area contributed by atoms with Crippen LogP contribution in [0.25, 0.3) is 0 Å². The summed E-state index contributed by atoms with van der Waals surface area (Å²) < 4.78 is 0.361. The number of nitrogens with zero attached hydrogens (tertiary/aromatic N) is 3. The zero-order valence-corrected chi connectivity index (χ0v) is 10.5. The van der Waals surface area contributed by atoms with Gasteiger partial charge in [-0.3, -0.25) is 5.10 Å². The van der Waals surface area contributed by atoms with Gasteiger partial charge in [-0.2, -0.15) is 10.1 Å². The molecule has 1 aromatic carbocycles. The lowest BCUT2D eigenvalue weighted by Gasteiger charge is -2.13. The minimum absolute atomic E-state index is 0.361. The summed E-state index contributed by atoms with van der Waals surface area (Å²) in [4.78, 5) is 6.15. The van der Waals surface area contributed by atoms with E-state index in [2.05, 4.69) is 20.5 Å². The molecule has 17 heavy (non-hydrogen) atoms. The van der Waals surface area contributed by atoms with E-state index in [1.165, 1.54) is 0 Å². The van der Waals surface area contributed by atoms with Gasteiger partial charge in [0.15, 0.2) is 5.82 Å². The zero-order valence-electron chi connectivity index (χ0n) is 9.64. The van der Waals surface area contributed by atoms with Gasteiger partial charge in [-0.25, -0.2) is 0 Å². The SMILES string of the molecule is CN(C)c1ccc(Nc2cn[nH]c(=S)n2)cc1. The number of hydrogen-bond acceptors (Lipinski definition) is 5. The van der Waals surface area contributed by atoms with E-state index >= 15 is 0 Å². The molecule has 0 bridgehead atoms. The quantitative estimate of drug-likeness (QED) is 0.815. The monoisotopic (exact) mass is 247 g/mol. The van der Waals surface area contributed by atoms with Gasteiger partial charge in [-0.15, -0.1) is 0 Å². The molecule has 1 heterocycles. The Hall–Kier alpha value is -1.95. The second-order valence-electron chi connectivity index (χ2n) is 3.74. The van der Waals surface area contributed by atoms with Crippen LogP contribution in [0, 0.1) is 4.77 Å². The third-order valence-electron chi connectivity index (χ3n) is 2.23. The second-order valence-corrected chi connectivity index (χ2v) is 4.13. The van der Waals surface area contributed by atoms with Gasteiger partial charge >= 0.3 is 0 Å². The number of hydrogen-bond donors (Lipinski definition) is 2. The van der Waals surface area contributed by atoms with Crippen LogP contribution >= 0.6 is 12.2 Å². The highest BCUT2D eigenvalue weighted by molar-refractivity contribution is 7.71. The fourth-order valence-corrected chi connectivity index (χ4v) is 1.51. The van der Waals surface area contributed by atoms with E-state index in [4.69, 9.17) is 12.2 Å². The third kappa shape index (κ3) is 3.01. The smallest absolute Gasteiger partial charge is 0.215 e. The van der Waals surface area contributed by atoms with Crippen molar-refractivity contribution in [2.75, 3.05) is 24.3 Å². The molecule has 0 atom stereocenters. The molecule has 0 aliphatic carbocycles. The largest absolute Gasteiger partial charge is 0.378 e. The molecule has 0 unspecified atom stereocenters. The standard InChI is InChI=1S/C11H13N5S/c1-16(2)9-5-3-8(4-6-9)13-10-7-12-15-11(17)14-10/h3-7H,1-2H3,(H2,13,14,15,17). The van der Waals surface area contributed by atoms with Gasteiger partial charge in [0.1, 0.15) is 0 Å². The maximum absolute atomic E-state index is 4.89. The van der Waals surface area contributed by atoms with Crippen LogP contribution in [0.1, 0.15) is 0 Å².